The van der Waals surface area contributed by atoms with Crippen molar-refractivity contribution in [2.75, 3.05) is 6.61 Å². The molecule has 0 saturated heterocycles. The molecule has 0 spiro atoms. The molecule has 0 radical (unpaired) electrons. The molecule has 0 aliphatic heterocycles. The van der Waals surface area contributed by atoms with Gasteiger partial charge in [-0.3, -0.25) is 0 Å². The Morgan fingerprint density at radius 3 is 2.74 bits per heavy atom. The third-order valence-electron chi connectivity index (χ3n) is 4.94. The van der Waals surface area contributed by atoms with Crippen LogP contribution in [-0.4, -0.2) is 34.2 Å². The van der Waals surface area contributed by atoms with Gasteiger partial charge in [-0.05, 0) is 37.0 Å². The summed E-state index contributed by atoms with van der Waals surface area (Å²) in [5, 5.41) is 0. The maximum atomic E-state index is 12.4. The zero-order valence-corrected chi connectivity index (χ0v) is 18.0. The van der Waals surface area contributed by atoms with E-state index in [1.165, 1.54) is 6.08 Å². The van der Waals surface area contributed by atoms with Gasteiger partial charge in [-0.1, -0.05) is 42.0 Å². The van der Waals surface area contributed by atoms with Crippen molar-refractivity contribution in [3.63, 3.8) is 0 Å². The number of aromatic nitrogens is 2. The molecular formula is C25H28N2O4. The minimum Gasteiger partial charge on any atom is -0.463 e. The van der Waals surface area contributed by atoms with Crippen LogP contribution in [0.2, 0.25) is 0 Å². The van der Waals surface area contributed by atoms with E-state index in [-0.39, 0.29) is 18.0 Å². The summed E-state index contributed by atoms with van der Waals surface area (Å²) in [5.74, 6) is -0.701. The summed E-state index contributed by atoms with van der Waals surface area (Å²) < 4.78 is 12.6. The number of hydrogen-bond acceptors (Lipinski definition) is 5. The lowest BCUT2D eigenvalue weighted by Crippen LogP contribution is -2.20. The minimum absolute atomic E-state index is 0.270. The van der Waals surface area contributed by atoms with Crippen LogP contribution in [0.3, 0.4) is 0 Å². The van der Waals surface area contributed by atoms with Crippen molar-refractivity contribution >= 4 is 18.0 Å². The Labute approximate surface area is 182 Å². The largest absolute Gasteiger partial charge is 0.463 e. The zero-order valence-electron chi connectivity index (χ0n) is 18.0. The number of rotatable bonds is 5. The fourth-order valence-electron chi connectivity index (χ4n) is 3.48. The minimum atomic E-state index is -0.388. The van der Waals surface area contributed by atoms with Gasteiger partial charge in [-0.15, -0.1) is 0 Å². The average molecular weight is 421 g/mol. The van der Waals surface area contributed by atoms with Gasteiger partial charge >= 0.3 is 11.9 Å². The van der Waals surface area contributed by atoms with E-state index in [1.807, 2.05) is 48.2 Å². The second-order valence-electron chi connectivity index (χ2n) is 7.47. The van der Waals surface area contributed by atoms with Crippen molar-refractivity contribution in [3.8, 4) is 0 Å². The maximum absolute atomic E-state index is 12.4. The van der Waals surface area contributed by atoms with E-state index in [4.69, 9.17) is 9.47 Å². The summed E-state index contributed by atoms with van der Waals surface area (Å²) in [6.07, 6.45) is 14.4. The van der Waals surface area contributed by atoms with E-state index >= 15 is 0 Å². The van der Waals surface area contributed by atoms with Crippen LogP contribution < -0.4 is 0 Å². The highest BCUT2D eigenvalue weighted by Crippen LogP contribution is 2.22. The van der Waals surface area contributed by atoms with Gasteiger partial charge in [0, 0.05) is 38.2 Å². The van der Waals surface area contributed by atoms with Gasteiger partial charge in [0.15, 0.2) is 0 Å². The topological polar surface area (TPSA) is 70.4 Å². The predicted molar refractivity (Wildman–Crippen MR) is 119 cm³/mol. The van der Waals surface area contributed by atoms with E-state index in [2.05, 4.69) is 11.1 Å². The standard InChI is InChI=1S/C25H28N2O4/c1-3-30-25(29)15-19-8-4-7-11-23(16-21-10-6-5-9-20(21)14-19)31-24(28)13-12-22-17-27(2)18-26-22/h4-7,9-10,12-13,15,17-18,23H,3,8,11,14,16H2,1-2H3/b7-4-,13-12+,19-15+. The highest BCUT2D eigenvalue weighted by atomic mass is 16.5. The van der Waals surface area contributed by atoms with Crippen LogP contribution in [0.15, 0.2) is 66.7 Å². The molecule has 1 heterocycles. The number of imidazole rings is 1. The lowest BCUT2D eigenvalue weighted by Gasteiger charge is -2.19. The first-order valence-corrected chi connectivity index (χ1v) is 10.5. The molecule has 162 valence electrons. The van der Waals surface area contributed by atoms with Crippen LogP contribution in [0.25, 0.3) is 6.08 Å². The van der Waals surface area contributed by atoms with Crippen LogP contribution in [0.1, 0.15) is 36.6 Å². The van der Waals surface area contributed by atoms with Crippen LogP contribution >= 0.6 is 0 Å². The highest BCUT2D eigenvalue weighted by Gasteiger charge is 2.17. The Balaban J connectivity index is 1.73. The second kappa shape index (κ2) is 11.1. The summed E-state index contributed by atoms with van der Waals surface area (Å²) in [5.41, 5.74) is 3.94. The third kappa shape index (κ3) is 7.10. The fraction of sp³-hybridized carbons (Fsp3) is 0.320. The number of carbonyl (C=O) groups is 2. The van der Waals surface area contributed by atoms with Gasteiger partial charge in [-0.25, -0.2) is 14.6 Å². The van der Waals surface area contributed by atoms with Gasteiger partial charge in [0.2, 0.25) is 0 Å². The molecule has 0 fully saturated rings. The Bertz CT molecular complexity index is 1000. The summed E-state index contributed by atoms with van der Waals surface area (Å²) in [6.45, 7) is 2.16. The smallest absolute Gasteiger partial charge is 0.331 e. The number of ether oxygens (including phenoxy) is 2. The van der Waals surface area contributed by atoms with Gasteiger partial charge in [0.25, 0.3) is 0 Å². The Hall–Kier alpha value is -3.41. The fourth-order valence-corrected chi connectivity index (χ4v) is 3.48. The molecule has 1 atom stereocenters. The number of allylic oxidation sites excluding steroid dienone is 2. The SMILES string of the molecule is CCOC(=O)/C=C1\C/C=C\CC(OC(=O)/C=C/c2cn(C)cn2)Cc2ccccc2C1. The van der Waals surface area contributed by atoms with Crippen molar-refractivity contribution in [2.45, 2.75) is 38.7 Å². The monoisotopic (exact) mass is 420 g/mol. The van der Waals surface area contributed by atoms with Crippen molar-refractivity contribution in [1.29, 1.82) is 0 Å². The highest BCUT2D eigenvalue weighted by molar-refractivity contribution is 5.86. The van der Waals surface area contributed by atoms with Crippen molar-refractivity contribution in [2.24, 2.45) is 7.05 Å². The first kappa shape index (κ1) is 22.3. The Kier molecular flexibility index (Phi) is 7.98. The average Bonchev–Trinajstić information content (AvgIpc) is 3.16. The van der Waals surface area contributed by atoms with Crippen LogP contribution in [0.5, 0.6) is 0 Å². The summed E-state index contributed by atoms with van der Waals surface area (Å²) in [6, 6.07) is 8.07. The first-order valence-electron chi connectivity index (χ1n) is 10.5. The van der Waals surface area contributed by atoms with Gasteiger partial charge < -0.3 is 14.0 Å². The van der Waals surface area contributed by atoms with Crippen molar-refractivity contribution < 1.29 is 19.1 Å². The van der Waals surface area contributed by atoms with E-state index in [0.717, 1.165) is 16.7 Å². The molecule has 6 heteroatoms. The first-order chi connectivity index (χ1) is 15.0. The molecule has 1 aromatic carbocycles. The number of esters is 2. The van der Waals surface area contributed by atoms with Crippen LogP contribution in [0.4, 0.5) is 0 Å². The third-order valence-corrected chi connectivity index (χ3v) is 4.94. The maximum Gasteiger partial charge on any atom is 0.331 e. The molecule has 0 bridgehead atoms. The quantitative estimate of drug-likeness (QED) is 0.416. The number of hydrogen-bond donors (Lipinski definition) is 0. The molecule has 1 aliphatic carbocycles. The molecule has 1 aromatic heterocycles. The molecule has 0 N–H and O–H groups in total. The Morgan fingerprint density at radius 2 is 2.00 bits per heavy atom. The molecule has 2 aromatic rings. The normalized spacial score (nSPS) is 19.0. The zero-order chi connectivity index (χ0) is 22.1. The lowest BCUT2D eigenvalue weighted by atomic mass is 9.92. The second-order valence-corrected chi connectivity index (χ2v) is 7.47. The van der Waals surface area contributed by atoms with E-state index in [9.17, 15) is 9.59 Å². The van der Waals surface area contributed by atoms with Crippen LogP contribution in [0, 0.1) is 0 Å². The molecule has 1 unspecified atom stereocenters. The predicted octanol–water partition coefficient (Wildman–Crippen LogP) is 3.97. The molecule has 1 aliphatic rings. The molecule has 6 nitrogen and oxygen atoms in total. The number of aryl methyl sites for hydroxylation is 1. The molecule has 3 rings (SSSR count). The van der Waals surface area contributed by atoms with Gasteiger partial charge in [0.05, 0.1) is 18.6 Å². The number of nitrogens with zero attached hydrogens (tertiary/aromatic N) is 2. The lowest BCUT2D eigenvalue weighted by molar-refractivity contribution is -0.142. The summed E-state index contributed by atoms with van der Waals surface area (Å²) in [4.78, 5) is 28.5. The molecular weight excluding hydrogens is 392 g/mol. The molecule has 0 saturated carbocycles. The van der Waals surface area contributed by atoms with Crippen molar-refractivity contribution in [1.82, 2.24) is 9.55 Å². The van der Waals surface area contributed by atoms with Gasteiger partial charge in [-0.2, -0.15) is 0 Å². The van der Waals surface area contributed by atoms with Crippen LogP contribution in [-0.2, 0) is 39.0 Å². The number of fused-ring (bicyclic) bond motifs is 1. The summed E-state index contributed by atoms with van der Waals surface area (Å²) in [7, 11) is 1.87. The van der Waals surface area contributed by atoms with Crippen molar-refractivity contribution in [3.05, 3.63) is 83.5 Å². The molecule has 31 heavy (non-hydrogen) atoms. The Morgan fingerprint density at radius 1 is 1.19 bits per heavy atom. The van der Waals surface area contributed by atoms with E-state index in [0.29, 0.717) is 38.0 Å². The number of benzene rings is 1. The van der Waals surface area contributed by atoms with E-state index < -0.39 is 0 Å². The van der Waals surface area contributed by atoms with E-state index in [1.54, 1.807) is 25.4 Å². The number of carbonyl (C=O) groups excluding carboxylic acids is 2. The molecule has 0 amide bonds. The van der Waals surface area contributed by atoms with Gasteiger partial charge in [0.1, 0.15) is 6.10 Å². The summed E-state index contributed by atoms with van der Waals surface area (Å²) >= 11 is 0.